The summed E-state index contributed by atoms with van der Waals surface area (Å²) in [6, 6.07) is 13.2. The van der Waals surface area contributed by atoms with Crippen molar-refractivity contribution in [2.24, 2.45) is 5.73 Å². The number of carbonyl (C=O) groups excluding carboxylic acids is 1. The number of hydrogen-bond donors (Lipinski definition) is 1. The molecule has 0 saturated carbocycles. The summed E-state index contributed by atoms with van der Waals surface area (Å²) in [6.45, 7) is 3.41. The SMILES string of the molecule is CCOC(=O)C1=C(C)OC(N)=C(C#N)C1c1ccc(OCc2c(F)cccc2Cl)cc1. The largest absolute Gasteiger partial charge is 0.489 e. The molecule has 0 spiro atoms. The lowest BCUT2D eigenvalue weighted by molar-refractivity contribution is -0.139. The molecule has 0 bridgehead atoms. The minimum atomic E-state index is -0.743. The van der Waals surface area contributed by atoms with Gasteiger partial charge >= 0.3 is 5.97 Å². The number of rotatable bonds is 6. The fourth-order valence-corrected chi connectivity index (χ4v) is 3.49. The Labute approximate surface area is 184 Å². The van der Waals surface area contributed by atoms with Crippen LogP contribution in [0.2, 0.25) is 5.02 Å². The van der Waals surface area contributed by atoms with E-state index in [-0.39, 0.29) is 46.6 Å². The summed E-state index contributed by atoms with van der Waals surface area (Å²) >= 11 is 6.02. The van der Waals surface area contributed by atoms with E-state index in [4.69, 9.17) is 31.5 Å². The third-order valence-electron chi connectivity index (χ3n) is 4.76. The highest BCUT2D eigenvalue weighted by atomic mass is 35.5. The van der Waals surface area contributed by atoms with Gasteiger partial charge in [0.25, 0.3) is 0 Å². The molecule has 0 amide bonds. The van der Waals surface area contributed by atoms with Crippen LogP contribution in [0.15, 0.2) is 65.3 Å². The van der Waals surface area contributed by atoms with Gasteiger partial charge in [0.2, 0.25) is 5.88 Å². The van der Waals surface area contributed by atoms with Crippen molar-refractivity contribution in [3.8, 4) is 11.8 Å². The molecule has 2 aromatic rings. The summed E-state index contributed by atoms with van der Waals surface area (Å²) in [5, 5.41) is 9.89. The Balaban J connectivity index is 1.88. The third kappa shape index (κ3) is 4.65. The van der Waals surface area contributed by atoms with E-state index in [1.165, 1.54) is 12.1 Å². The lowest BCUT2D eigenvalue weighted by Gasteiger charge is -2.26. The molecule has 1 aliphatic heterocycles. The second-order valence-electron chi connectivity index (χ2n) is 6.67. The summed E-state index contributed by atoms with van der Waals surface area (Å²) in [5.41, 5.74) is 7.09. The van der Waals surface area contributed by atoms with Gasteiger partial charge in [-0.1, -0.05) is 29.8 Å². The highest BCUT2D eigenvalue weighted by molar-refractivity contribution is 6.31. The molecule has 1 atom stereocenters. The monoisotopic (exact) mass is 442 g/mol. The topological polar surface area (TPSA) is 94.6 Å². The van der Waals surface area contributed by atoms with E-state index in [1.807, 2.05) is 6.07 Å². The summed E-state index contributed by atoms with van der Waals surface area (Å²) in [6.07, 6.45) is 0. The van der Waals surface area contributed by atoms with Crippen LogP contribution < -0.4 is 10.5 Å². The second kappa shape index (κ2) is 9.54. The summed E-state index contributed by atoms with van der Waals surface area (Å²) < 4.78 is 30.1. The number of nitriles is 1. The minimum Gasteiger partial charge on any atom is -0.489 e. The van der Waals surface area contributed by atoms with Gasteiger partial charge in [0, 0.05) is 5.56 Å². The van der Waals surface area contributed by atoms with Crippen molar-refractivity contribution >= 4 is 17.6 Å². The molecule has 0 fully saturated rings. The van der Waals surface area contributed by atoms with Crippen LogP contribution in [0, 0.1) is 17.1 Å². The molecule has 1 aliphatic rings. The first-order valence-corrected chi connectivity index (χ1v) is 9.86. The molecule has 160 valence electrons. The van der Waals surface area contributed by atoms with Gasteiger partial charge in [-0.2, -0.15) is 5.26 Å². The van der Waals surface area contributed by atoms with Crippen LogP contribution in [-0.4, -0.2) is 12.6 Å². The molecule has 31 heavy (non-hydrogen) atoms. The molecule has 3 rings (SSSR count). The number of benzene rings is 2. The fourth-order valence-electron chi connectivity index (χ4n) is 3.27. The molecule has 1 heterocycles. The molecule has 2 N–H and O–H groups in total. The number of nitrogens with two attached hydrogens (primary N) is 1. The Hall–Kier alpha value is -3.50. The van der Waals surface area contributed by atoms with Crippen molar-refractivity contribution in [2.45, 2.75) is 26.4 Å². The number of halogens is 2. The predicted molar refractivity (Wildman–Crippen MR) is 112 cm³/mol. The van der Waals surface area contributed by atoms with Crippen LogP contribution in [0.4, 0.5) is 4.39 Å². The van der Waals surface area contributed by atoms with Crippen molar-refractivity contribution in [2.75, 3.05) is 6.61 Å². The minimum absolute atomic E-state index is 0.0501. The fraction of sp³-hybridized carbons (Fsp3) is 0.217. The first-order valence-electron chi connectivity index (χ1n) is 9.48. The maximum absolute atomic E-state index is 13.9. The van der Waals surface area contributed by atoms with E-state index in [9.17, 15) is 14.4 Å². The normalized spacial score (nSPS) is 15.9. The van der Waals surface area contributed by atoms with Gasteiger partial charge in [-0.25, -0.2) is 9.18 Å². The summed E-state index contributed by atoms with van der Waals surface area (Å²) in [5.74, 6) is -1.11. The number of carbonyl (C=O) groups is 1. The highest BCUT2D eigenvalue weighted by Gasteiger charge is 2.36. The first-order chi connectivity index (χ1) is 14.9. The maximum Gasteiger partial charge on any atom is 0.338 e. The number of esters is 1. The lowest BCUT2D eigenvalue weighted by atomic mass is 9.83. The molecule has 8 heteroatoms. The van der Waals surface area contributed by atoms with Crippen molar-refractivity contribution in [1.82, 2.24) is 0 Å². The average Bonchev–Trinajstić information content (AvgIpc) is 2.73. The van der Waals surface area contributed by atoms with Crippen molar-refractivity contribution in [3.63, 3.8) is 0 Å². The van der Waals surface area contributed by atoms with Crippen LogP contribution in [0.25, 0.3) is 0 Å². The van der Waals surface area contributed by atoms with Crippen LogP contribution in [0.5, 0.6) is 5.75 Å². The van der Waals surface area contributed by atoms with Gasteiger partial charge in [0.15, 0.2) is 0 Å². The van der Waals surface area contributed by atoms with Crippen LogP contribution in [-0.2, 0) is 20.9 Å². The Morgan fingerprint density at radius 3 is 2.61 bits per heavy atom. The van der Waals surface area contributed by atoms with E-state index in [0.29, 0.717) is 11.3 Å². The van der Waals surface area contributed by atoms with Crippen molar-refractivity contribution in [1.29, 1.82) is 5.26 Å². The van der Waals surface area contributed by atoms with Gasteiger partial charge in [-0.15, -0.1) is 0 Å². The molecule has 0 aliphatic carbocycles. The van der Waals surface area contributed by atoms with Gasteiger partial charge in [-0.05, 0) is 43.7 Å². The maximum atomic E-state index is 13.9. The van der Waals surface area contributed by atoms with E-state index in [1.54, 1.807) is 44.2 Å². The Morgan fingerprint density at radius 1 is 1.29 bits per heavy atom. The molecule has 0 radical (unpaired) electrons. The Bertz CT molecular complexity index is 1080. The van der Waals surface area contributed by atoms with Gasteiger partial charge < -0.3 is 19.9 Å². The number of hydrogen-bond acceptors (Lipinski definition) is 6. The van der Waals surface area contributed by atoms with Gasteiger partial charge in [0.05, 0.1) is 23.1 Å². The Morgan fingerprint density at radius 2 is 2.00 bits per heavy atom. The number of allylic oxidation sites excluding steroid dienone is 2. The van der Waals surface area contributed by atoms with Crippen LogP contribution >= 0.6 is 11.6 Å². The molecule has 2 aromatic carbocycles. The molecule has 6 nitrogen and oxygen atoms in total. The van der Waals surface area contributed by atoms with Gasteiger partial charge in [-0.3, -0.25) is 0 Å². The third-order valence-corrected chi connectivity index (χ3v) is 5.11. The van der Waals surface area contributed by atoms with Crippen molar-refractivity contribution < 1.29 is 23.4 Å². The quantitative estimate of drug-likeness (QED) is 0.651. The molecule has 1 unspecified atom stereocenters. The standard InChI is InChI=1S/C23H20ClFN2O4/c1-3-29-23(28)20-13(2)31-22(27)16(11-26)21(20)14-7-9-15(10-8-14)30-12-17-18(24)5-4-6-19(17)25/h4-10,21H,3,12,27H2,1-2H3. The van der Waals surface area contributed by atoms with E-state index in [0.717, 1.165) is 0 Å². The lowest BCUT2D eigenvalue weighted by Crippen LogP contribution is -2.25. The summed E-state index contributed by atoms with van der Waals surface area (Å²) in [7, 11) is 0. The van der Waals surface area contributed by atoms with Crippen molar-refractivity contribution in [3.05, 3.63) is 87.2 Å². The number of ether oxygens (including phenoxy) is 3. The average molecular weight is 443 g/mol. The Kier molecular flexibility index (Phi) is 6.83. The highest BCUT2D eigenvalue weighted by Crippen LogP contribution is 2.40. The van der Waals surface area contributed by atoms with E-state index in [2.05, 4.69) is 0 Å². The van der Waals surface area contributed by atoms with Gasteiger partial charge in [0.1, 0.15) is 35.6 Å². The first kappa shape index (κ1) is 22.2. The van der Waals surface area contributed by atoms with Crippen LogP contribution in [0.3, 0.4) is 0 Å². The van der Waals surface area contributed by atoms with E-state index >= 15 is 0 Å². The second-order valence-corrected chi connectivity index (χ2v) is 7.08. The smallest absolute Gasteiger partial charge is 0.338 e. The molecule has 0 saturated heterocycles. The van der Waals surface area contributed by atoms with E-state index < -0.39 is 17.7 Å². The van der Waals surface area contributed by atoms with Crippen LogP contribution in [0.1, 0.15) is 30.9 Å². The predicted octanol–water partition coefficient (Wildman–Crippen LogP) is 4.70. The zero-order valence-electron chi connectivity index (χ0n) is 16.9. The summed E-state index contributed by atoms with van der Waals surface area (Å²) in [4.78, 5) is 12.5. The molecular formula is C23H20ClFN2O4. The zero-order chi connectivity index (χ0) is 22.5. The number of nitrogens with zero attached hydrogens (tertiary/aromatic N) is 1. The molecule has 0 aromatic heterocycles. The molecular weight excluding hydrogens is 423 g/mol. The zero-order valence-corrected chi connectivity index (χ0v) is 17.7.